The molecule has 0 saturated carbocycles. The number of aliphatic imine (C=N–C) groups is 1. The number of para-hydroxylation sites is 2. The van der Waals surface area contributed by atoms with Crippen LogP contribution in [0.5, 0.6) is 0 Å². The lowest BCUT2D eigenvalue weighted by Crippen LogP contribution is -2.21. The Bertz CT molecular complexity index is 342. The van der Waals surface area contributed by atoms with Crippen molar-refractivity contribution in [3.05, 3.63) is 24.3 Å². The summed E-state index contributed by atoms with van der Waals surface area (Å²) in [6, 6.07) is 7.68. The zero-order chi connectivity index (χ0) is 11.3. The first kappa shape index (κ1) is 11.6. The maximum atomic E-state index is 5.84. The number of nitrogen functional groups attached to an aromatic ring is 1. The molecule has 0 radical (unpaired) electrons. The molecule has 0 atom stereocenters. The quantitative estimate of drug-likeness (QED) is 0.468. The average Bonchev–Trinajstić information content (AvgIpc) is 2.20. The first-order chi connectivity index (χ1) is 7.15. The van der Waals surface area contributed by atoms with Crippen LogP contribution in [0, 0.1) is 0 Å². The van der Waals surface area contributed by atoms with Crippen LogP contribution in [-0.2, 0) is 0 Å². The lowest BCUT2D eigenvalue weighted by atomic mass is 10.2. The van der Waals surface area contributed by atoms with Gasteiger partial charge in [-0.3, -0.25) is 0 Å². The van der Waals surface area contributed by atoms with E-state index in [0.717, 1.165) is 30.1 Å². The molecule has 0 spiro atoms. The summed E-state index contributed by atoms with van der Waals surface area (Å²) in [6.07, 6.45) is 2.06. The van der Waals surface area contributed by atoms with Gasteiger partial charge in [0.2, 0.25) is 0 Å². The Morgan fingerprint density at radius 3 is 2.53 bits per heavy atom. The van der Waals surface area contributed by atoms with Crippen LogP contribution in [0.25, 0.3) is 0 Å². The van der Waals surface area contributed by atoms with Gasteiger partial charge in [0.1, 0.15) is 5.84 Å². The van der Waals surface area contributed by atoms with Crippen molar-refractivity contribution < 1.29 is 0 Å². The Morgan fingerprint density at radius 2 is 2.00 bits per heavy atom. The molecular weight excluding hydrogens is 186 g/mol. The fourth-order valence-electron chi connectivity index (χ4n) is 1.33. The molecule has 1 rings (SSSR count). The molecule has 15 heavy (non-hydrogen) atoms. The predicted molar refractivity (Wildman–Crippen MR) is 66.5 cm³/mol. The smallest absolute Gasteiger partial charge is 0.104 e. The Labute approximate surface area is 91.6 Å². The molecule has 0 aliphatic rings. The zero-order valence-corrected chi connectivity index (χ0v) is 9.70. The Kier molecular flexibility index (Phi) is 4.16. The number of nitrogens with zero attached hydrogens (tertiary/aromatic N) is 2. The molecule has 0 heterocycles. The van der Waals surface area contributed by atoms with Gasteiger partial charge in [-0.25, -0.2) is 4.99 Å². The van der Waals surface area contributed by atoms with Crippen molar-refractivity contribution >= 4 is 17.2 Å². The molecule has 0 unspecified atom stereocenters. The molecule has 0 amide bonds. The predicted octanol–water partition coefficient (Wildman–Crippen LogP) is 2.66. The lowest BCUT2D eigenvalue weighted by molar-refractivity contribution is 0.601. The summed E-state index contributed by atoms with van der Waals surface area (Å²) in [5.74, 6) is 1.07. The summed E-state index contributed by atoms with van der Waals surface area (Å²) in [4.78, 5) is 6.60. The fraction of sp³-hybridized carbons (Fsp3) is 0.417. The summed E-state index contributed by atoms with van der Waals surface area (Å²) >= 11 is 0. The maximum Gasteiger partial charge on any atom is 0.104 e. The van der Waals surface area contributed by atoms with E-state index in [2.05, 4.69) is 11.9 Å². The van der Waals surface area contributed by atoms with Crippen molar-refractivity contribution in [2.75, 3.05) is 19.8 Å². The summed E-state index contributed by atoms with van der Waals surface area (Å²) in [5.41, 5.74) is 7.43. The van der Waals surface area contributed by atoms with Crippen molar-refractivity contribution in [2.45, 2.75) is 19.8 Å². The number of hydrogen-bond donors (Lipinski definition) is 1. The number of anilines is 1. The first-order valence-electron chi connectivity index (χ1n) is 5.24. The van der Waals surface area contributed by atoms with Gasteiger partial charge >= 0.3 is 0 Å². The summed E-state index contributed by atoms with van der Waals surface area (Å²) in [6.45, 7) is 2.15. The highest BCUT2D eigenvalue weighted by Gasteiger charge is 2.02. The number of hydrogen-bond acceptors (Lipinski definition) is 2. The van der Waals surface area contributed by atoms with E-state index in [0.29, 0.717) is 0 Å². The molecule has 82 valence electrons. The van der Waals surface area contributed by atoms with Crippen LogP contribution >= 0.6 is 0 Å². The minimum absolute atomic E-state index is 0.730. The van der Waals surface area contributed by atoms with Gasteiger partial charge in [-0.15, -0.1) is 0 Å². The number of benzene rings is 1. The molecule has 1 aromatic carbocycles. The minimum Gasteiger partial charge on any atom is -0.397 e. The Hall–Kier alpha value is -1.51. The van der Waals surface area contributed by atoms with E-state index in [1.807, 2.05) is 43.3 Å². The third kappa shape index (κ3) is 3.27. The minimum atomic E-state index is 0.730. The van der Waals surface area contributed by atoms with Gasteiger partial charge in [0.15, 0.2) is 0 Å². The Morgan fingerprint density at radius 1 is 1.33 bits per heavy atom. The first-order valence-corrected chi connectivity index (χ1v) is 5.24. The highest BCUT2D eigenvalue weighted by atomic mass is 15.1. The summed E-state index contributed by atoms with van der Waals surface area (Å²) in [5, 5.41) is 0. The monoisotopic (exact) mass is 205 g/mol. The molecule has 0 aliphatic carbocycles. The van der Waals surface area contributed by atoms with Crippen LogP contribution in [0.2, 0.25) is 0 Å². The van der Waals surface area contributed by atoms with Crippen LogP contribution in [0.15, 0.2) is 29.3 Å². The SMILES string of the molecule is CCCC(=Nc1ccccc1N)N(C)C. The molecule has 2 N–H and O–H groups in total. The summed E-state index contributed by atoms with van der Waals surface area (Å²) < 4.78 is 0. The van der Waals surface area contributed by atoms with Gasteiger partial charge in [-0.2, -0.15) is 0 Å². The van der Waals surface area contributed by atoms with E-state index in [1.54, 1.807) is 0 Å². The number of rotatable bonds is 3. The highest BCUT2D eigenvalue weighted by Crippen LogP contribution is 2.21. The van der Waals surface area contributed by atoms with Crippen LogP contribution in [0.3, 0.4) is 0 Å². The lowest BCUT2D eigenvalue weighted by Gasteiger charge is -2.15. The second-order valence-electron chi connectivity index (χ2n) is 3.73. The standard InChI is InChI=1S/C12H19N3/c1-4-7-12(15(2)3)14-11-9-6-5-8-10(11)13/h5-6,8-9H,4,7,13H2,1-3H3. The van der Waals surface area contributed by atoms with Gasteiger partial charge < -0.3 is 10.6 Å². The second kappa shape index (κ2) is 5.39. The molecule has 3 heteroatoms. The molecule has 0 aliphatic heterocycles. The van der Waals surface area contributed by atoms with Crippen LogP contribution in [0.4, 0.5) is 11.4 Å². The average molecular weight is 205 g/mol. The molecule has 0 fully saturated rings. The van der Waals surface area contributed by atoms with Crippen molar-refractivity contribution in [3.63, 3.8) is 0 Å². The zero-order valence-electron chi connectivity index (χ0n) is 9.70. The molecule has 1 aromatic rings. The van der Waals surface area contributed by atoms with Gasteiger partial charge in [0.25, 0.3) is 0 Å². The highest BCUT2D eigenvalue weighted by molar-refractivity contribution is 5.86. The van der Waals surface area contributed by atoms with Crippen LogP contribution in [0.1, 0.15) is 19.8 Å². The normalized spacial score (nSPS) is 11.5. The Balaban J connectivity index is 2.97. The molecule has 0 saturated heterocycles. The molecule has 0 aromatic heterocycles. The van der Waals surface area contributed by atoms with Crippen molar-refractivity contribution in [1.29, 1.82) is 0 Å². The van der Waals surface area contributed by atoms with E-state index < -0.39 is 0 Å². The maximum absolute atomic E-state index is 5.84. The summed E-state index contributed by atoms with van der Waals surface area (Å²) in [7, 11) is 4.02. The van der Waals surface area contributed by atoms with Crippen molar-refractivity contribution in [2.24, 2.45) is 4.99 Å². The second-order valence-corrected chi connectivity index (χ2v) is 3.73. The van der Waals surface area contributed by atoms with Gasteiger partial charge in [0.05, 0.1) is 11.4 Å². The van der Waals surface area contributed by atoms with E-state index >= 15 is 0 Å². The van der Waals surface area contributed by atoms with Crippen LogP contribution in [-0.4, -0.2) is 24.8 Å². The van der Waals surface area contributed by atoms with Gasteiger partial charge in [-0.05, 0) is 18.6 Å². The van der Waals surface area contributed by atoms with Gasteiger partial charge in [0, 0.05) is 20.5 Å². The van der Waals surface area contributed by atoms with Crippen molar-refractivity contribution in [1.82, 2.24) is 4.90 Å². The van der Waals surface area contributed by atoms with Crippen LogP contribution < -0.4 is 5.73 Å². The van der Waals surface area contributed by atoms with E-state index in [9.17, 15) is 0 Å². The third-order valence-electron chi connectivity index (χ3n) is 2.18. The van der Waals surface area contributed by atoms with Gasteiger partial charge in [-0.1, -0.05) is 19.1 Å². The number of amidine groups is 1. The van der Waals surface area contributed by atoms with Crippen molar-refractivity contribution in [3.8, 4) is 0 Å². The molecule has 0 bridgehead atoms. The molecule has 3 nitrogen and oxygen atoms in total. The fourth-order valence-corrected chi connectivity index (χ4v) is 1.33. The largest absolute Gasteiger partial charge is 0.397 e. The molecular formula is C12H19N3. The van der Waals surface area contributed by atoms with E-state index in [4.69, 9.17) is 5.73 Å². The topological polar surface area (TPSA) is 41.6 Å². The van der Waals surface area contributed by atoms with E-state index in [1.165, 1.54) is 0 Å². The number of nitrogens with two attached hydrogens (primary N) is 1. The van der Waals surface area contributed by atoms with E-state index in [-0.39, 0.29) is 0 Å². The third-order valence-corrected chi connectivity index (χ3v) is 2.18.